The fourth-order valence-corrected chi connectivity index (χ4v) is 4.07. The van der Waals surface area contributed by atoms with Gasteiger partial charge in [0.25, 0.3) is 0 Å². The Morgan fingerprint density at radius 2 is 1.91 bits per heavy atom. The fraction of sp³-hybridized carbons (Fsp3) is 0.167. The van der Waals surface area contributed by atoms with E-state index in [4.69, 9.17) is 20.3 Å². The van der Waals surface area contributed by atoms with Gasteiger partial charge in [-0.15, -0.1) is 0 Å². The maximum Gasteiger partial charge on any atom is 0.384 e. The number of nitrogen functional groups attached to an aromatic ring is 1. The van der Waals surface area contributed by atoms with E-state index >= 15 is 0 Å². The SMILES string of the molecule is COc1ccc(CC(C)c2cnc3c(N)nc4cc(/C=C(/F)P(=O)(O)O)ccc4c3c2)cc1. The summed E-state index contributed by atoms with van der Waals surface area (Å²) >= 11 is 0. The van der Waals surface area contributed by atoms with Gasteiger partial charge in [-0.1, -0.05) is 31.2 Å². The largest absolute Gasteiger partial charge is 0.497 e. The fourth-order valence-electron chi connectivity index (χ4n) is 3.76. The van der Waals surface area contributed by atoms with Crippen molar-refractivity contribution < 1.29 is 23.5 Å². The van der Waals surface area contributed by atoms with Gasteiger partial charge in [0.05, 0.1) is 12.6 Å². The summed E-state index contributed by atoms with van der Waals surface area (Å²) in [5, 5.41) is 1.57. The molecule has 1 unspecified atom stereocenters. The Balaban J connectivity index is 1.73. The Bertz CT molecular complexity index is 1420. The van der Waals surface area contributed by atoms with Crippen molar-refractivity contribution in [2.75, 3.05) is 12.8 Å². The molecule has 0 aliphatic heterocycles. The number of benzene rings is 2. The van der Waals surface area contributed by atoms with Crippen LogP contribution in [-0.4, -0.2) is 26.9 Å². The van der Waals surface area contributed by atoms with E-state index in [0.717, 1.165) is 34.6 Å². The second-order valence-corrected chi connectivity index (χ2v) is 9.42. The summed E-state index contributed by atoms with van der Waals surface area (Å²) in [5.74, 6) is 1.21. The van der Waals surface area contributed by atoms with Crippen LogP contribution in [-0.2, 0) is 11.0 Å². The Labute approximate surface area is 189 Å². The molecule has 7 nitrogen and oxygen atoms in total. The van der Waals surface area contributed by atoms with Gasteiger partial charge in [-0.25, -0.2) is 4.98 Å². The highest BCUT2D eigenvalue weighted by Crippen LogP contribution is 2.46. The summed E-state index contributed by atoms with van der Waals surface area (Å²) < 4.78 is 30.0. The molecule has 2 aromatic heterocycles. The zero-order valence-electron chi connectivity index (χ0n) is 18.1. The number of methoxy groups -OCH3 is 1. The van der Waals surface area contributed by atoms with Crippen LogP contribution in [0.5, 0.6) is 5.75 Å². The van der Waals surface area contributed by atoms with Crippen LogP contribution in [0.1, 0.15) is 29.5 Å². The third-order valence-corrected chi connectivity index (χ3v) is 6.22. The van der Waals surface area contributed by atoms with Crippen molar-refractivity contribution in [2.24, 2.45) is 0 Å². The van der Waals surface area contributed by atoms with E-state index in [2.05, 4.69) is 16.9 Å². The number of pyridine rings is 2. The molecule has 0 aliphatic carbocycles. The quantitative estimate of drug-likeness (QED) is 0.265. The molecule has 0 amide bonds. The lowest BCUT2D eigenvalue weighted by Crippen LogP contribution is -2.01. The summed E-state index contributed by atoms with van der Waals surface area (Å²) in [4.78, 5) is 26.8. The molecule has 170 valence electrons. The van der Waals surface area contributed by atoms with Gasteiger partial charge in [-0.2, -0.15) is 4.39 Å². The van der Waals surface area contributed by atoms with Crippen molar-refractivity contribution in [2.45, 2.75) is 19.3 Å². The van der Waals surface area contributed by atoms with Gasteiger partial charge in [0, 0.05) is 17.0 Å². The number of nitrogens with two attached hydrogens (primary N) is 1. The summed E-state index contributed by atoms with van der Waals surface area (Å²) in [6, 6.07) is 14.8. The van der Waals surface area contributed by atoms with E-state index in [-0.39, 0.29) is 17.3 Å². The molecule has 0 saturated heterocycles. The number of aromatic nitrogens is 2. The molecule has 4 rings (SSSR count). The van der Waals surface area contributed by atoms with Crippen molar-refractivity contribution in [1.82, 2.24) is 9.97 Å². The summed E-state index contributed by atoms with van der Waals surface area (Å²) in [5.41, 5.74) is 8.13. The maximum absolute atomic E-state index is 13.7. The van der Waals surface area contributed by atoms with Gasteiger partial charge in [0.2, 0.25) is 5.57 Å². The molecule has 0 fully saturated rings. The van der Waals surface area contributed by atoms with Crippen molar-refractivity contribution in [3.8, 4) is 5.75 Å². The molecule has 9 heteroatoms. The van der Waals surface area contributed by atoms with Crippen molar-refractivity contribution in [3.63, 3.8) is 0 Å². The molecule has 33 heavy (non-hydrogen) atoms. The Morgan fingerprint density at radius 3 is 2.58 bits per heavy atom. The molecule has 0 aliphatic rings. The molecule has 0 bridgehead atoms. The Kier molecular flexibility index (Phi) is 6.17. The molecule has 2 heterocycles. The highest BCUT2D eigenvalue weighted by atomic mass is 31.2. The topological polar surface area (TPSA) is 119 Å². The van der Waals surface area contributed by atoms with Crippen LogP contribution in [0.4, 0.5) is 10.2 Å². The predicted octanol–water partition coefficient (Wildman–Crippen LogP) is 5.17. The predicted molar refractivity (Wildman–Crippen MR) is 128 cm³/mol. The monoisotopic (exact) mass is 467 g/mol. The first kappa shape index (κ1) is 22.9. The summed E-state index contributed by atoms with van der Waals surface area (Å²) in [7, 11) is -3.31. The minimum atomic E-state index is -4.95. The van der Waals surface area contributed by atoms with E-state index in [9.17, 15) is 8.96 Å². The molecule has 1 atom stereocenters. The van der Waals surface area contributed by atoms with Gasteiger partial charge in [0.1, 0.15) is 11.3 Å². The molecular weight excluding hydrogens is 444 g/mol. The van der Waals surface area contributed by atoms with E-state index in [0.29, 0.717) is 11.0 Å². The molecule has 0 spiro atoms. The Hall–Kier alpha value is -3.32. The molecule has 0 radical (unpaired) electrons. The van der Waals surface area contributed by atoms with Gasteiger partial charge >= 0.3 is 7.60 Å². The van der Waals surface area contributed by atoms with Crippen LogP contribution < -0.4 is 10.5 Å². The highest BCUT2D eigenvalue weighted by Gasteiger charge is 2.21. The lowest BCUT2D eigenvalue weighted by atomic mass is 9.93. The third kappa shape index (κ3) is 4.88. The van der Waals surface area contributed by atoms with Crippen LogP contribution in [0.15, 0.2) is 60.3 Å². The lowest BCUT2D eigenvalue weighted by molar-refractivity contribution is 0.369. The maximum atomic E-state index is 13.7. The van der Waals surface area contributed by atoms with E-state index in [1.165, 1.54) is 11.6 Å². The van der Waals surface area contributed by atoms with Crippen LogP contribution in [0.25, 0.3) is 27.9 Å². The normalized spacial score (nSPS) is 13.4. The van der Waals surface area contributed by atoms with Gasteiger partial charge in [-0.3, -0.25) is 9.55 Å². The molecule has 0 saturated carbocycles. The second kappa shape index (κ2) is 8.90. The number of hydrogen-bond acceptors (Lipinski definition) is 5. The van der Waals surface area contributed by atoms with Crippen molar-refractivity contribution in [3.05, 3.63) is 77.0 Å². The minimum Gasteiger partial charge on any atom is -0.497 e. The average molecular weight is 467 g/mol. The first-order chi connectivity index (χ1) is 15.7. The standard InChI is InChI=1S/C24H23FN3O4P/c1-14(9-15-3-6-18(32-2)7-4-15)17-12-20-19-8-5-16(11-22(25)33(29,30)31)10-21(19)28-24(26)23(20)27-13-17/h3-8,10-14H,9H2,1-2H3,(H2,26,28)(H2,29,30,31)/b22-11-. The minimum absolute atomic E-state index is 0.180. The van der Waals surface area contributed by atoms with E-state index in [1.54, 1.807) is 25.4 Å². The number of anilines is 1. The van der Waals surface area contributed by atoms with E-state index < -0.39 is 13.2 Å². The zero-order chi connectivity index (χ0) is 23.8. The second-order valence-electron chi connectivity index (χ2n) is 7.90. The zero-order valence-corrected chi connectivity index (χ0v) is 19.0. The highest BCUT2D eigenvalue weighted by molar-refractivity contribution is 7.56. The number of hydrogen-bond donors (Lipinski definition) is 3. The summed E-state index contributed by atoms with van der Waals surface area (Å²) in [6.45, 7) is 2.12. The van der Waals surface area contributed by atoms with Crippen molar-refractivity contribution in [1.29, 1.82) is 0 Å². The average Bonchev–Trinajstić information content (AvgIpc) is 2.78. The molecule has 4 N–H and O–H groups in total. The van der Waals surface area contributed by atoms with Gasteiger partial charge in [-0.05, 0) is 59.4 Å². The lowest BCUT2D eigenvalue weighted by Gasteiger charge is -2.14. The van der Waals surface area contributed by atoms with Crippen LogP contribution in [0.2, 0.25) is 0 Å². The first-order valence-corrected chi connectivity index (χ1v) is 11.8. The third-order valence-electron chi connectivity index (χ3n) is 5.54. The number of halogens is 1. The smallest absolute Gasteiger partial charge is 0.384 e. The van der Waals surface area contributed by atoms with Gasteiger partial charge in [0.15, 0.2) is 5.82 Å². The number of ether oxygens (including phenoxy) is 1. The number of rotatable bonds is 6. The number of fused-ring (bicyclic) bond motifs is 3. The van der Waals surface area contributed by atoms with Gasteiger partial charge < -0.3 is 20.3 Å². The van der Waals surface area contributed by atoms with Crippen LogP contribution >= 0.6 is 7.60 Å². The van der Waals surface area contributed by atoms with Crippen molar-refractivity contribution >= 4 is 41.3 Å². The number of nitrogens with zero attached hydrogens (tertiary/aromatic N) is 2. The first-order valence-electron chi connectivity index (χ1n) is 10.2. The van der Waals surface area contributed by atoms with Crippen LogP contribution in [0.3, 0.4) is 0 Å². The molecular formula is C24H23FN3O4P. The molecule has 4 aromatic rings. The molecule has 2 aromatic carbocycles. The Morgan fingerprint density at radius 1 is 1.18 bits per heavy atom. The van der Waals surface area contributed by atoms with Crippen LogP contribution in [0, 0.1) is 0 Å². The van der Waals surface area contributed by atoms with E-state index in [1.807, 2.05) is 30.3 Å². The summed E-state index contributed by atoms with van der Waals surface area (Å²) in [6.07, 6.45) is 3.41.